The van der Waals surface area contributed by atoms with E-state index in [4.69, 9.17) is 4.74 Å². The molecule has 2 aromatic rings. The fourth-order valence-corrected chi connectivity index (χ4v) is 1.69. The summed E-state index contributed by atoms with van der Waals surface area (Å²) in [6.07, 6.45) is 1.08. The molecular weight excluding hydrogens is 257 g/mol. The van der Waals surface area contributed by atoms with Gasteiger partial charge in [0, 0.05) is 18.7 Å². The van der Waals surface area contributed by atoms with Crippen LogP contribution >= 0.6 is 0 Å². The van der Waals surface area contributed by atoms with Crippen LogP contribution in [0.15, 0.2) is 30.3 Å². The average molecular weight is 275 g/mol. The van der Waals surface area contributed by atoms with Gasteiger partial charge in [0.15, 0.2) is 0 Å². The van der Waals surface area contributed by atoms with Crippen LogP contribution in [0.2, 0.25) is 0 Å². The van der Waals surface area contributed by atoms with Gasteiger partial charge in [-0.3, -0.25) is 0 Å². The average Bonchev–Trinajstić information content (AvgIpc) is 2.45. The third-order valence-corrected chi connectivity index (χ3v) is 2.79. The van der Waals surface area contributed by atoms with Crippen molar-refractivity contribution in [1.82, 2.24) is 15.5 Å². The van der Waals surface area contributed by atoms with Gasteiger partial charge < -0.3 is 10.1 Å². The van der Waals surface area contributed by atoms with Crippen molar-refractivity contribution >= 4 is 0 Å². The Bertz CT molecular complexity index is 558. The molecule has 0 spiro atoms. The molecule has 106 valence electrons. The van der Waals surface area contributed by atoms with Gasteiger partial charge in [-0.15, -0.1) is 5.10 Å². The Morgan fingerprint density at radius 1 is 1.20 bits per heavy atom. The van der Waals surface area contributed by atoms with E-state index in [0.717, 1.165) is 24.2 Å². The second-order valence-electron chi connectivity index (χ2n) is 4.55. The number of benzene rings is 1. The molecule has 5 heteroatoms. The van der Waals surface area contributed by atoms with Gasteiger partial charge in [0.05, 0.1) is 5.69 Å². The zero-order valence-corrected chi connectivity index (χ0v) is 11.7. The van der Waals surface area contributed by atoms with Gasteiger partial charge in [-0.05, 0) is 37.6 Å². The minimum absolute atomic E-state index is 0.334. The Hall–Kier alpha value is -2.01. The Balaban J connectivity index is 2.01. The van der Waals surface area contributed by atoms with E-state index in [-0.39, 0.29) is 5.82 Å². The van der Waals surface area contributed by atoms with Crippen LogP contribution in [0.5, 0.6) is 11.6 Å². The summed E-state index contributed by atoms with van der Waals surface area (Å²) in [5, 5.41) is 11.3. The maximum atomic E-state index is 13.2. The van der Waals surface area contributed by atoms with Crippen LogP contribution in [-0.2, 0) is 6.54 Å². The molecule has 1 aromatic carbocycles. The molecule has 2 rings (SSSR count). The number of hydrogen-bond donors (Lipinski definition) is 1. The Kier molecular flexibility index (Phi) is 5.01. The van der Waals surface area contributed by atoms with E-state index in [1.165, 1.54) is 12.1 Å². The zero-order chi connectivity index (χ0) is 14.4. The number of hydrogen-bond acceptors (Lipinski definition) is 4. The number of nitrogens with zero attached hydrogens (tertiary/aromatic N) is 2. The summed E-state index contributed by atoms with van der Waals surface area (Å²) in [4.78, 5) is 0. The maximum absolute atomic E-state index is 13.2. The SMILES string of the molecule is CCCNCc1ccc(Oc2cc(F)ccc2C)nn1. The first-order valence-corrected chi connectivity index (χ1v) is 6.66. The molecule has 1 aromatic heterocycles. The van der Waals surface area contributed by atoms with E-state index in [9.17, 15) is 4.39 Å². The smallest absolute Gasteiger partial charge is 0.238 e. The number of rotatable bonds is 6. The van der Waals surface area contributed by atoms with Crippen molar-refractivity contribution in [1.29, 1.82) is 0 Å². The molecular formula is C15H18FN3O. The van der Waals surface area contributed by atoms with E-state index in [1.807, 2.05) is 13.0 Å². The Morgan fingerprint density at radius 3 is 2.75 bits per heavy atom. The van der Waals surface area contributed by atoms with Crippen molar-refractivity contribution in [2.45, 2.75) is 26.8 Å². The van der Waals surface area contributed by atoms with Crippen molar-refractivity contribution in [2.75, 3.05) is 6.54 Å². The summed E-state index contributed by atoms with van der Waals surface area (Å²) in [6.45, 7) is 5.59. The molecule has 0 atom stereocenters. The molecule has 0 saturated carbocycles. The van der Waals surface area contributed by atoms with Crippen molar-refractivity contribution in [3.63, 3.8) is 0 Å². The van der Waals surface area contributed by atoms with Crippen molar-refractivity contribution in [2.24, 2.45) is 0 Å². The van der Waals surface area contributed by atoms with Crippen LogP contribution in [0.1, 0.15) is 24.6 Å². The van der Waals surface area contributed by atoms with Crippen LogP contribution in [0.4, 0.5) is 4.39 Å². The van der Waals surface area contributed by atoms with E-state index in [2.05, 4.69) is 22.4 Å². The predicted octanol–water partition coefficient (Wildman–Crippen LogP) is 3.22. The van der Waals surface area contributed by atoms with Gasteiger partial charge in [-0.2, -0.15) is 5.10 Å². The fraction of sp³-hybridized carbons (Fsp3) is 0.333. The predicted molar refractivity (Wildman–Crippen MR) is 75.2 cm³/mol. The number of ether oxygens (including phenoxy) is 1. The van der Waals surface area contributed by atoms with Crippen LogP contribution in [0.25, 0.3) is 0 Å². The lowest BCUT2D eigenvalue weighted by atomic mass is 10.2. The minimum Gasteiger partial charge on any atom is -0.437 e. The Morgan fingerprint density at radius 2 is 2.05 bits per heavy atom. The van der Waals surface area contributed by atoms with Gasteiger partial charge in [0.2, 0.25) is 5.88 Å². The summed E-state index contributed by atoms with van der Waals surface area (Å²) in [5.41, 5.74) is 1.70. The van der Waals surface area contributed by atoms with Crippen molar-refractivity contribution in [3.8, 4) is 11.6 Å². The molecule has 0 saturated heterocycles. The summed E-state index contributed by atoms with van der Waals surface area (Å²) >= 11 is 0. The largest absolute Gasteiger partial charge is 0.437 e. The highest BCUT2D eigenvalue weighted by molar-refractivity contribution is 5.35. The van der Waals surface area contributed by atoms with Gasteiger partial charge in [0.1, 0.15) is 11.6 Å². The molecule has 0 bridgehead atoms. The fourth-order valence-electron chi connectivity index (χ4n) is 1.69. The molecule has 0 aliphatic rings. The van der Waals surface area contributed by atoms with Crippen molar-refractivity contribution < 1.29 is 9.13 Å². The monoisotopic (exact) mass is 275 g/mol. The third kappa shape index (κ3) is 3.99. The minimum atomic E-state index is -0.334. The summed E-state index contributed by atoms with van der Waals surface area (Å²) < 4.78 is 18.7. The van der Waals surface area contributed by atoms with E-state index in [0.29, 0.717) is 18.2 Å². The highest BCUT2D eigenvalue weighted by atomic mass is 19.1. The third-order valence-electron chi connectivity index (χ3n) is 2.79. The lowest BCUT2D eigenvalue weighted by Crippen LogP contribution is -2.15. The number of nitrogens with one attached hydrogen (secondary N) is 1. The summed E-state index contributed by atoms with van der Waals surface area (Å²) in [5.74, 6) is 0.480. The lowest BCUT2D eigenvalue weighted by molar-refractivity contribution is 0.445. The Labute approximate surface area is 118 Å². The summed E-state index contributed by atoms with van der Waals surface area (Å²) in [7, 11) is 0. The molecule has 1 N–H and O–H groups in total. The maximum Gasteiger partial charge on any atom is 0.238 e. The number of halogens is 1. The normalized spacial score (nSPS) is 10.6. The molecule has 0 amide bonds. The number of aryl methyl sites for hydroxylation is 1. The van der Waals surface area contributed by atoms with E-state index >= 15 is 0 Å². The van der Waals surface area contributed by atoms with Crippen LogP contribution in [-0.4, -0.2) is 16.7 Å². The van der Waals surface area contributed by atoms with Crippen LogP contribution < -0.4 is 10.1 Å². The second-order valence-corrected chi connectivity index (χ2v) is 4.55. The van der Waals surface area contributed by atoms with Gasteiger partial charge in [-0.25, -0.2) is 4.39 Å². The first-order valence-electron chi connectivity index (χ1n) is 6.66. The molecule has 0 radical (unpaired) electrons. The lowest BCUT2D eigenvalue weighted by Gasteiger charge is -2.08. The standard InChI is InChI=1S/C15H18FN3O/c1-3-8-17-10-13-6-7-15(19-18-13)20-14-9-12(16)5-4-11(14)2/h4-7,9,17H,3,8,10H2,1-2H3. The first kappa shape index (κ1) is 14.4. The first-order chi connectivity index (χ1) is 9.69. The second kappa shape index (κ2) is 6.96. The van der Waals surface area contributed by atoms with Gasteiger partial charge in [-0.1, -0.05) is 13.0 Å². The molecule has 0 unspecified atom stereocenters. The molecule has 0 aliphatic carbocycles. The van der Waals surface area contributed by atoms with E-state index < -0.39 is 0 Å². The molecule has 0 aliphatic heterocycles. The highest BCUT2D eigenvalue weighted by Crippen LogP contribution is 2.23. The zero-order valence-electron chi connectivity index (χ0n) is 11.7. The van der Waals surface area contributed by atoms with Gasteiger partial charge in [0.25, 0.3) is 0 Å². The molecule has 1 heterocycles. The van der Waals surface area contributed by atoms with Crippen LogP contribution in [0.3, 0.4) is 0 Å². The van der Waals surface area contributed by atoms with Crippen LogP contribution in [0, 0.1) is 12.7 Å². The number of aromatic nitrogens is 2. The van der Waals surface area contributed by atoms with Gasteiger partial charge >= 0.3 is 0 Å². The summed E-state index contributed by atoms with van der Waals surface area (Å²) in [6, 6.07) is 7.99. The van der Waals surface area contributed by atoms with E-state index in [1.54, 1.807) is 12.1 Å². The molecule has 0 fully saturated rings. The quantitative estimate of drug-likeness (QED) is 0.822. The molecule has 4 nitrogen and oxygen atoms in total. The topological polar surface area (TPSA) is 47.0 Å². The molecule has 20 heavy (non-hydrogen) atoms. The highest BCUT2D eigenvalue weighted by Gasteiger charge is 2.05. The van der Waals surface area contributed by atoms with Crippen molar-refractivity contribution in [3.05, 3.63) is 47.4 Å².